The third-order valence-corrected chi connectivity index (χ3v) is 45.5. The first-order chi connectivity index (χ1) is 47.0. The van der Waals surface area contributed by atoms with Gasteiger partial charge in [-0.05, 0) is 117 Å². The third kappa shape index (κ3) is 28.2. The van der Waals surface area contributed by atoms with E-state index in [0.29, 0.717) is 0 Å². The van der Waals surface area contributed by atoms with Gasteiger partial charge in [-0.2, -0.15) is 0 Å². The zero-order chi connectivity index (χ0) is 79.2. The van der Waals surface area contributed by atoms with E-state index in [0.717, 1.165) is 0 Å². The van der Waals surface area contributed by atoms with Crippen molar-refractivity contribution in [1.29, 1.82) is 0 Å². The molecule has 0 fully saturated rings. The molecule has 0 amide bonds. The number of fused-ring (bicyclic) bond motifs is 4. The van der Waals surface area contributed by atoms with Crippen LogP contribution >= 0.6 is 81.1 Å². The van der Waals surface area contributed by atoms with Crippen molar-refractivity contribution in [3.63, 3.8) is 0 Å². The standard InChI is InChI=1S/2C17H30S.C16H27S.2C12H8S2.3C4H9.4C2H6.Sn/c2*1-11-12(15(2,3)4)13(16(5,6)7)14(18-11)17(8,9)10;1-14(2,3)11-10-17-13(16(7,8)9)12(11)15(4,5)6;2*1-2-6-10-9(5-1)13-11-7-3-4-8-12(11)14-10;3*1-3-4-2;4*1-2;/h2*1-10H3;1-9H3;2*1-8H;3*1,3-4H2,2H3;4*1-2H3;. The smallest absolute Gasteiger partial charge is 0.0262 e. The Morgan fingerprint density at radius 3 is 0.588 bits per heavy atom. The van der Waals surface area contributed by atoms with E-state index >= 15 is 0 Å². The summed E-state index contributed by atoms with van der Waals surface area (Å²) in [5.41, 5.74) is 11.9. The summed E-state index contributed by atoms with van der Waals surface area (Å²) in [6.45, 7) is 92.1. The fraction of sp³-hybridized carbons (Fsp3) is 0.617. The van der Waals surface area contributed by atoms with E-state index in [9.17, 15) is 0 Å². The van der Waals surface area contributed by atoms with Crippen LogP contribution in [0.25, 0.3) is 0 Å². The molecule has 8 heteroatoms. The van der Waals surface area contributed by atoms with E-state index in [4.69, 9.17) is 0 Å². The second kappa shape index (κ2) is 42.4. The maximum Gasteiger partial charge on any atom is 0.0262 e. The number of hydrogen-bond donors (Lipinski definition) is 0. The Morgan fingerprint density at radius 1 is 0.245 bits per heavy atom. The molecule has 0 N–H and O–H groups in total. The van der Waals surface area contributed by atoms with Crippen LogP contribution in [0, 0.1) is 13.8 Å². The van der Waals surface area contributed by atoms with Crippen LogP contribution in [0.5, 0.6) is 0 Å². The van der Waals surface area contributed by atoms with Crippen LogP contribution < -0.4 is 2.89 Å². The van der Waals surface area contributed by atoms with Gasteiger partial charge in [-0.3, -0.25) is 0 Å². The summed E-state index contributed by atoms with van der Waals surface area (Å²) in [5, 5.41) is 0. The zero-order valence-corrected chi connectivity index (χ0v) is 82.0. The molecule has 0 bridgehead atoms. The molecule has 3 aromatic heterocycles. The van der Waals surface area contributed by atoms with Crippen LogP contribution in [-0.2, 0) is 48.7 Å². The molecule has 0 atom stereocenters. The van der Waals surface area contributed by atoms with E-state index in [1.165, 1.54) is 87.4 Å². The molecular weight excluding hydrogens is 1470 g/mol. The first-order valence-electron chi connectivity index (χ1n) is 39.6. The Kier molecular flexibility index (Phi) is 40.8. The normalized spacial score (nSPS) is 12.9. The molecule has 0 saturated carbocycles. The van der Waals surface area contributed by atoms with Crippen LogP contribution in [-0.4, -0.2) is 18.4 Å². The molecule has 0 radical (unpaired) electrons. The van der Waals surface area contributed by atoms with Crippen molar-refractivity contribution in [3.05, 3.63) is 155 Å². The number of unbranched alkanes of at least 4 members (excludes halogenated alkanes) is 3. The summed E-state index contributed by atoms with van der Waals surface area (Å²) in [5.74, 6) is 0. The monoisotopic (exact) mass is 1630 g/mol. The van der Waals surface area contributed by atoms with Crippen molar-refractivity contribution in [3.8, 4) is 0 Å². The van der Waals surface area contributed by atoms with Gasteiger partial charge in [0, 0.05) is 58.7 Å². The van der Waals surface area contributed by atoms with E-state index in [1.807, 2.05) is 128 Å². The van der Waals surface area contributed by atoms with E-state index in [2.05, 4.69) is 330 Å². The summed E-state index contributed by atoms with van der Waals surface area (Å²) in [7, 11) is 0. The molecule has 0 nitrogen and oxygen atoms in total. The summed E-state index contributed by atoms with van der Waals surface area (Å²) in [6, 6.07) is 34.2. The zero-order valence-electron chi connectivity index (χ0n) is 73.5. The molecule has 0 aliphatic carbocycles. The predicted molar refractivity (Wildman–Crippen MR) is 483 cm³/mol. The molecular formula is C94H154S7Sn. The van der Waals surface area contributed by atoms with E-state index < -0.39 is 18.4 Å². The quantitative estimate of drug-likeness (QED) is 0.125. The van der Waals surface area contributed by atoms with Gasteiger partial charge in [-0.15, -0.1) is 22.7 Å². The SMILES string of the molecule is CC.CC.CC.CC.CCC[CH2][Sn]([CH2]CCC)([CH2]CCC)[c]1sc(C(C)(C)C)c(C(C)(C)C)c1C(C)(C)C.Cc1sc(C(C)(C)C)c(C(C)(C)C)c1C(C)(C)C.Cc1sc(C(C)(C)C)c(C(C)(C)C)c1C(C)(C)C.c1ccc2c(c1)Sc1ccccc1S2.c1ccc2c(c1)Sc1ccccc1S2. The van der Waals surface area contributed by atoms with Gasteiger partial charge < -0.3 is 0 Å². The Labute approximate surface area is 667 Å². The third-order valence-electron chi connectivity index (χ3n) is 17.4. The molecule has 2 aliphatic rings. The van der Waals surface area contributed by atoms with Gasteiger partial charge >= 0.3 is 200 Å². The van der Waals surface area contributed by atoms with E-state index in [-0.39, 0.29) is 48.7 Å². The Balaban J connectivity index is 0.000000637. The summed E-state index contributed by atoms with van der Waals surface area (Å²) in [6.07, 6.45) is 8.39. The fourth-order valence-corrected chi connectivity index (χ4v) is 43.5. The fourth-order valence-electron chi connectivity index (χ4n) is 13.4. The Hall–Kier alpha value is -1.82. The number of benzene rings is 4. The molecule has 0 unspecified atom stereocenters. The van der Waals surface area contributed by atoms with Crippen molar-refractivity contribution in [2.75, 3.05) is 0 Å². The molecule has 4 aromatic carbocycles. The summed E-state index contributed by atoms with van der Waals surface area (Å²) < 4.78 is 6.69. The molecule has 102 heavy (non-hydrogen) atoms. The van der Waals surface area contributed by atoms with Crippen molar-refractivity contribution in [1.82, 2.24) is 0 Å². The number of hydrogen-bond acceptors (Lipinski definition) is 7. The molecule has 7 aromatic rings. The van der Waals surface area contributed by atoms with Gasteiger partial charge in [0.05, 0.1) is 0 Å². The average molecular weight is 1630 g/mol. The minimum absolute atomic E-state index is 0.206. The Bertz CT molecular complexity index is 3180. The molecule has 0 saturated heterocycles. The van der Waals surface area contributed by atoms with Gasteiger partial charge in [-0.1, -0.05) is 276 Å². The number of aryl methyl sites for hydroxylation is 2. The summed E-state index contributed by atoms with van der Waals surface area (Å²) in [4.78, 5) is 18.8. The van der Waals surface area contributed by atoms with Gasteiger partial charge in [0.15, 0.2) is 0 Å². The average Bonchev–Trinajstić information content (AvgIpc) is 1.58. The Morgan fingerprint density at radius 2 is 0.422 bits per heavy atom. The maximum absolute atomic E-state index is 2.51. The molecule has 0 spiro atoms. The molecule has 2 aliphatic heterocycles. The van der Waals surface area contributed by atoms with Crippen LogP contribution in [0.1, 0.15) is 359 Å². The second-order valence-electron chi connectivity index (χ2n) is 36.0. The van der Waals surface area contributed by atoms with Gasteiger partial charge in [0.25, 0.3) is 0 Å². The van der Waals surface area contributed by atoms with Crippen LogP contribution in [0.3, 0.4) is 0 Å². The van der Waals surface area contributed by atoms with Crippen LogP contribution in [0.2, 0.25) is 13.3 Å². The summed E-state index contributed by atoms with van der Waals surface area (Å²) >= 11 is 11.2. The first-order valence-corrected chi connectivity index (χ1v) is 52.8. The van der Waals surface area contributed by atoms with Crippen molar-refractivity contribution in [2.45, 2.75) is 417 Å². The number of rotatable bonds is 10. The number of thiophene rings is 3. The molecule has 576 valence electrons. The van der Waals surface area contributed by atoms with Gasteiger partial charge in [-0.25, -0.2) is 0 Å². The van der Waals surface area contributed by atoms with E-state index in [1.54, 1.807) is 61.3 Å². The van der Waals surface area contributed by atoms with Crippen LogP contribution in [0.15, 0.2) is 136 Å². The first kappa shape index (κ1) is 98.2. The largest absolute Gasteiger partial charge is 0.145 e. The minimum atomic E-state index is -2.51. The molecule has 5 heterocycles. The molecule has 9 rings (SSSR count). The predicted octanol–water partition coefficient (Wildman–Crippen LogP) is 34.3. The van der Waals surface area contributed by atoms with Crippen molar-refractivity contribution < 1.29 is 0 Å². The van der Waals surface area contributed by atoms with Crippen molar-refractivity contribution in [2.24, 2.45) is 0 Å². The van der Waals surface area contributed by atoms with Gasteiger partial charge in [0.1, 0.15) is 0 Å². The van der Waals surface area contributed by atoms with Gasteiger partial charge in [0.2, 0.25) is 0 Å². The van der Waals surface area contributed by atoms with Crippen molar-refractivity contribution >= 4 is 102 Å². The van der Waals surface area contributed by atoms with Crippen LogP contribution in [0.4, 0.5) is 0 Å². The maximum atomic E-state index is 2.50. The minimum Gasteiger partial charge on any atom is -0.145 e. The topological polar surface area (TPSA) is 0 Å². The second-order valence-corrected chi connectivity index (χ2v) is 57.9.